The lowest BCUT2D eigenvalue weighted by Gasteiger charge is -2.29. The molecule has 1 aliphatic heterocycles. The van der Waals surface area contributed by atoms with Gasteiger partial charge in [-0.1, -0.05) is 53.0 Å². The van der Waals surface area contributed by atoms with Gasteiger partial charge >= 0.3 is 0 Å². The molecule has 2 atom stereocenters. The fourth-order valence-electron chi connectivity index (χ4n) is 4.11. The van der Waals surface area contributed by atoms with Crippen molar-refractivity contribution in [2.75, 3.05) is 13.1 Å². The number of hydrogen-bond donors (Lipinski definition) is 0. The summed E-state index contributed by atoms with van der Waals surface area (Å²) in [4.78, 5) is 14.9. The van der Waals surface area contributed by atoms with Crippen LogP contribution in [-0.2, 0) is 20.0 Å². The van der Waals surface area contributed by atoms with Crippen molar-refractivity contribution in [2.45, 2.75) is 40.6 Å². The van der Waals surface area contributed by atoms with Gasteiger partial charge in [-0.3, -0.25) is 4.79 Å². The Morgan fingerprint density at radius 2 is 1.82 bits per heavy atom. The predicted molar refractivity (Wildman–Crippen MR) is 113 cm³/mol. The van der Waals surface area contributed by atoms with E-state index in [0.717, 1.165) is 18.4 Å². The Morgan fingerprint density at radius 3 is 2.43 bits per heavy atom. The van der Waals surface area contributed by atoms with Gasteiger partial charge in [0.05, 0.1) is 10.7 Å². The third-order valence-corrected chi connectivity index (χ3v) is 9.82. The van der Waals surface area contributed by atoms with Crippen LogP contribution in [-0.4, -0.2) is 41.8 Å². The van der Waals surface area contributed by atoms with Gasteiger partial charge in [-0.2, -0.15) is 0 Å². The predicted octanol–water partition coefficient (Wildman–Crippen LogP) is 4.41. The van der Waals surface area contributed by atoms with Gasteiger partial charge in [0, 0.05) is 29.6 Å². The third-order valence-electron chi connectivity index (χ3n) is 5.93. The molecule has 0 unspecified atom stereocenters. The van der Waals surface area contributed by atoms with Crippen LogP contribution in [0.1, 0.15) is 31.2 Å². The molecule has 0 N–H and O–H groups in total. The summed E-state index contributed by atoms with van der Waals surface area (Å²) >= 11 is 18.4. The lowest BCUT2D eigenvalue weighted by atomic mass is 9.94. The number of likely N-dealkylation sites (tertiary alicyclic amines) is 1. The number of carbonyl (C=O) groups excluding carboxylic acids is 1. The van der Waals surface area contributed by atoms with Crippen LogP contribution in [0, 0.1) is 0 Å². The quantitative estimate of drug-likeness (QED) is 0.626. The molecule has 1 saturated carbocycles. The number of alkyl halides is 1. The van der Waals surface area contributed by atoms with Gasteiger partial charge in [0.1, 0.15) is 0 Å². The van der Waals surface area contributed by atoms with Crippen molar-refractivity contribution in [3.05, 3.63) is 58.1 Å². The highest BCUT2D eigenvalue weighted by atomic mass is 35.5. The van der Waals surface area contributed by atoms with Crippen LogP contribution in [0.15, 0.2) is 47.5 Å². The zero-order valence-corrected chi connectivity index (χ0v) is 18.2. The summed E-state index contributed by atoms with van der Waals surface area (Å²) < 4.78 is 24.8. The number of benzene rings is 1. The van der Waals surface area contributed by atoms with E-state index in [2.05, 4.69) is 0 Å². The standard InChI is InChI=1S/C20H20Cl3NO3S/c21-15-5-3-14(4-6-15)19(9-10-19)18(25)24-11-7-17(13-24)28(26,27)20(23)8-1-2-16(22)12-20/h1-6,12,17H,7-11,13H2/t17-,20-/m1/s1. The van der Waals surface area contributed by atoms with E-state index in [1.165, 1.54) is 6.08 Å². The molecule has 1 aromatic carbocycles. The normalized spacial score (nSPS) is 28.9. The molecule has 1 heterocycles. The molecule has 0 aromatic heterocycles. The smallest absolute Gasteiger partial charge is 0.233 e. The molecule has 0 bridgehead atoms. The van der Waals surface area contributed by atoms with Gasteiger partial charge in [0.15, 0.2) is 14.0 Å². The molecular formula is C20H20Cl3NO3S. The van der Waals surface area contributed by atoms with Crippen molar-refractivity contribution in [3.63, 3.8) is 0 Å². The molecule has 0 radical (unpaired) electrons. The summed E-state index contributed by atoms with van der Waals surface area (Å²) in [6.07, 6.45) is 6.80. The van der Waals surface area contributed by atoms with E-state index in [1.807, 2.05) is 12.1 Å². The summed E-state index contributed by atoms with van der Waals surface area (Å²) in [5.41, 5.74) is 0.396. The first-order valence-electron chi connectivity index (χ1n) is 9.21. The SMILES string of the molecule is O=C(N1CC[C@@H](S(=O)(=O)[C@@]2(Cl)C=C(Cl)C=CC2)C1)C1(c2ccc(Cl)cc2)CC1. The van der Waals surface area contributed by atoms with Crippen molar-refractivity contribution in [1.82, 2.24) is 4.90 Å². The number of sulfone groups is 1. The maximum absolute atomic E-state index is 13.2. The van der Waals surface area contributed by atoms with Crippen LogP contribution >= 0.6 is 34.8 Å². The summed E-state index contributed by atoms with van der Waals surface area (Å²) in [6.45, 7) is 0.582. The van der Waals surface area contributed by atoms with E-state index >= 15 is 0 Å². The Balaban J connectivity index is 1.52. The second-order valence-electron chi connectivity index (χ2n) is 7.72. The zero-order valence-electron chi connectivity index (χ0n) is 15.1. The lowest BCUT2D eigenvalue weighted by Crippen LogP contribution is -2.43. The Kier molecular flexibility index (Phi) is 5.10. The number of rotatable bonds is 4. The highest BCUT2D eigenvalue weighted by molar-refractivity contribution is 7.95. The molecular weight excluding hydrogens is 441 g/mol. The molecule has 2 aliphatic carbocycles. The number of halogens is 3. The minimum atomic E-state index is -3.71. The van der Waals surface area contributed by atoms with Crippen LogP contribution < -0.4 is 0 Å². The Bertz CT molecular complexity index is 967. The Hall–Kier alpha value is -1.01. The van der Waals surface area contributed by atoms with Gasteiger partial charge in [-0.05, 0) is 49.1 Å². The van der Waals surface area contributed by atoms with Crippen molar-refractivity contribution in [2.24, 2.45) is 0 Å². The van der Waals surface area contributed by atoms with Crippen LogP contribution in [0.4, 0.5) is 0 Å². The van der Waals surface area contributed by atoms with E-state index in [1.54, 1.807) is 29.2 Å². The van der Waals surface area contributed by atoms with Crippen molar-refractivity contribution in [1.29, 1.82) is 0 Å². The number of carbonyl (C=O) groups is 1. The number of amides is 1. The van der Waals surface area contributed by atoms with Crippen LogP contribution in [0.2, 0.25) is 5.02 Å². The lowest BCUT2D eigenvalue weighted by molar-refractivity contribution is -0.132. The van der Waals surface area contributed by atoms with Gasteiger partial charge < -0.3 is 4.90 Å². The molecule has 2 fully saturated rings. The van der Waals surface area contributed by atoms with E-state index in [-0.39, 0.29) is 18.9 Å². The minimum absolute atomic E-state index is 0.00624. The maximum atomic E-state index is 13.2. The van der Waals surface area contributed by atoms with Crippen molar-refractivity contribution >= 4 is 50.5 Å². The monoisotopic (exact) mass is 459 g/mol. The number of hydrogen-bond acceptors (Lipinski definition) is 3. The molecule has 4 nitrogen and oxygen atoms in total. The molecule has 4 rings (SSSR count). The molecule has 28 heavy (non-hydrogen) atoms. The summed E-state index contributed by atoms with van der Waals surface area (Å²) in [5.74, 6) is -0.00624. The fourth-order valence-corrected chi connectivity index (χ4v) is 7.18. The topological polar surface area (TPSA) is 54.5 Å². The first-order chi connectivity index (χ1) is 13.2. The minimum Gasteiger partial charge on any atom is -0.341 e. The molecule has 1 amide bonds. The molecule has 3 aliphatic rings. The number of allylic oxidation sites excluding steroid dienone is 3. The first kappa shape index (κ1) is 20.3. The van der Waals surface area contributed by atoms with Gasteiger partial charge in [0.25, 0.3) is 0 Å². The van der Waals surface area contributed by atoms with Gasteiger partial charge in [-0.15, -0.1) is 0 Å². The molecule has 1 aromatic rings. The summed E-state index contributed by atoms with van der Waals surface area (Å²) in [7, 11) is -3.71. The summed E-state index contributed by atoms with van der Waals surface area (Å²) in [6, 6.07) is 7.33. The van der Waals surface area contributed by atoms with Gasteiger partial charge in [0.2, 0.25) is 5.91 Å². The Morgan fingerprint density at radius 1 is 1.14 bits per heavy atom. The van der Waals surface area contributed by atoms with E-state index in [4.69, 9.17) is 34.8 Å². The Labute approximate surface area is 180 Å². The van der Waals surface area contributed by atoms with Crippen molar-refractivity contribution < 1.29 is 13.2 Å². The largest absolute Gasteiger partial charge is 0.341 e. The number of nitrogens with zero attached hydrogens (tertiary/aromatic N) is 1. The summed E-state index contributed by atoms with van der Waals surface area (Å²) in [5, 5.41) is 0.248. The van der Waals surface area contributed by atoms with E-state index < -0.39 is 24.7 Å². The van der Waals surface area contributed by atoms with Crippen LogP contribution in [0.5, 0.6) is 0 Å². The highest BCUT2D eigenvalue weighted by Crippen LogP contribution is 2.50. The maximum Gasteiger partial charge on any atom is 0.233 e. The zero-order chi connectivity index (χ0) is 20.2. The average Bonchev–Trinajstić information content (AvgIpc) is 3.30. The molecule has 150 valence electrons. The molecule has 8 heteroatoms. The fraction of sp³-hybridized carbons (Fsp3) is 0.450. The average molecular weight is 461 g/mol. The van der Waals surface area contributed by atoms with Crippen molar-refractivity contribution in [3.8, 4) is 0 Å². The van der Waals surface area contributed by atoms with E-state index in [0.29, 0.717) is 23.0 Å². The van der Waals surface area contributed by atoms with Gasteiger partial charge in [-0.25, -0.2) is 8.42 Å². The second-order valence-corrected chi connectivity index (χ2v) is 12.0. The van der Waals surface area contributed by atoms with Crippen LogP contribution in [0.25, 0.3) is 0 Å². The molecule has 1 saturated heterocycles. The highest BCUT2D eigenvalue weighted by Gasteiger charge is 2.55. The molecule has 0 spiro atoms. The van der Waals surface area contributed by atoms with Crippen LogP contribution in [0.3, 0.4) is 0 Å². The second kappa shape index (κ2) is 7.05. The first-order valence-corrected chi connectivity index (χ1v) is 11.9. The third kappa shape index (κ3) is 3.30. The van der Waals surface area contributed by atoms with E-state index in [9.17, 15) is 13.2 Å².